The van der Waals surface area contributed by atoms with Crippen LogP contribution >= 0.6 is 34.3 Å². The fourth-order valence-corrected chi connectivity index (χ4v) is 9.82. The van der Waals surface area contributed by atoms with Crippen molar-refractivity contribution in [2.75, 3.05) is 0 Å². The number of halogens is 1. The van der Waals surface area contributed by atoms with E-state index in [1.54, 1.807) is 0 Å². The number of hydrogen-bond acceptors (Lipinski definition) is 4. The third kappa shape index (κ3) is 2.83. The van der Waals surface area contributed by atoms with E-state index in [1.165, 1.54) is 47.6 Å². The van der Waals surface area contributed by atoms with Crippen LogP contribution in [-0.2, 0) is 11.8 Å². The van der Waals surface area contributed by atoms with Gasteiger partial charge in [-0.05, 0) is 43.5 Å². The van der Waals surface area contributed by atoms with E-state index >= 15 is 0 Å². The van der Waals surface area contributed by atoms with Gasteiger partial charge in [0.2, 0.25) is 5.28 Å². The van der Waals surface area contributed by atoms with Gasteiger partial charge < -0.3 is 0 Å². The van der Waals surface area contributed by atoms with Crippen molar-refractivity contribution in [2.45, 2.75) is 31.1 Å². The number of nitrogens with zero attached hydrogens (tertiary/aromatic N) is 3. The Kier molecular flexibility index (Phi) is 4.46. The highest BCUT2D eigenvalue weighted by atomic mass is 35.5. The molecule has 0 fully saturated rings. The molecule has 0 saturated carbocycles. The van der Waals surface area contributed by atoms with Gasteiger partial charge in [0, 0.05) is 58.9 Å². The van der Waals surface area contributed by atoms with Gasteiger partial charge >= 0.3 is 0 Å². The lowest BCUT2D eigenvalue weighted by Crippen LogP contribution is -2.34. The molecule has 2 atom stereocenters. The van der Waals surface area contributed by atoms with Crippen LogP contribution in [0.3, 0.4) is 0 Å². The molecule has 3 aliphatic rings. The van der Waals surface area contributed by atoms with Crippen molar-refractivity contribution >= 4 is 71.6 Å². The van der Waals surface area contributed by atoms with Gasteiger partial charge in [-0.2, -0.15) is 4.98 Å². The number of para-hydroxylation sites is 1. The molecular formula is C33H22ClN3S2. The number of aryl methyl sites for hydroxylation is 1. The van der Waals surface area contributed by atoms with Crippen molar-refractivity contribution in [2.24, 2.45) is 0 Å². The average molecular weight is 560 g/mol. The summed E-state index contributed by atoms with van der Waals surface area (Å²) in [6, 6.07) is 17.7. The number of allylic oxidation sites excluding steroid dienone is 5. The van der Waals surface area contributed by atoms with Crippen LogP contribution in [0.15, 0.2) is 78.9 Å². The molecule has 4 heterocycles. The second kappa shape index (κ2) is 7.79. The van der Waals surface area contributed by atoms with Crippen molar-refractivity contribution in [3.8, 4) is 16.9 Å². The van der Waals surface area contributed by atoms with Crippen LogP contribution in [0.4, 0.5) is 0 Å². The first-order valence-electron chi connectivity index (χ1n) is 13.3. The van der Waals surface area contributed by atoms with Crippen molar-refractivity contribution in [3.05, 3.63) is 105 Å². The maximum absolute atomic E-state index is 6.71. The van der Waals surface area contributed by atoms with Crippen LogP contribution in [0.5, 0.6) is 0 Å². The molecule has 0 aliphatic heterocycles. The summed E-state index contributed by atoms with van der Waals surface area (Å²) in [7, 11) is 0. The van der Waals surface area contributed by atoms with Gasteiger partial charge in [0.1, 0.15) is 0 Å². The summed E-state index contributed by atoms with van der Waals surface area (Å²) in [4.78, 5) is 12.5. The minimum absolute atomic E-state index is 0.234. The lowest BCUT2D eigenvalue weighted by Gasteiger charge is -2.40. The van der Waals surface area contributed by atoms with Crippen molar-refractivity contribution in [1.29, 1.82) is 0 Å². The average Bonchev–Trinajstić information content (AvgIpc) is 3.63. The molecular weight excluding hydrogens is 538 g/mol. The zero-order valence-corrected chi connectivity index (χ0v) is 23.5. The van der Waals surface area contributed by atoms with E-state index in [1.807, 2.05) is 22.7 Å². The topological polar surface area (TPSA) is 30.7 Å². The van der Waals surface area contributed by atoms with Gasteiger partial charge in [0.25, 0.3) is 0 Å². The van der Waals surface area contributed by atoms with Crippen LogP contribution < -0.4 is 0 Å². The Hall–Kier alpha value is -3.51. The molecule has 0 spiro atoms. The Labute approximate surface area is 238 Å². The Morgan fingerprint density at radius 1 is 0.974 bits per heavy atom. The largest absolute Gasteiger partial charge is 0.295 e. The summed E-state index contributed by atoms with van der Waals surface area (Å²) < 4.78 is 4.86. The molecule has 2 unspecified atom stereocenters. The molecule has 0 amide bonds. The Morgan fingerprint density at radius 2 is 1.82 bits per heavy atom. The van der Waals surface area contributed by atoms with E-state index in [2.05, 4.69) is 96.5 Å². The van der Waals surface area contributed by atoms with Gasteiger partial charge in [-0.25, -0.2) is 4.98 Å². The van der Waals surface area contributed by atoms with E-state index in [4.69, 9.17) is 21.6 Å². The third-order valence-corrected chi connectivity index (χ3v) is 11.4. The summed E-state index contributed by atoms with van der Waals surface area (Å²) >= 11 is 10.5. The van der Waals surface area contributed by atoms with Crippen molar-refractivity contribution in [1.82, 2.24) is 14.5 Å². The van der Waals surface area contributed by atoms with E-state index in [9.17, 15) is 0 Å². The maximum atomic E-state index is 6.71. The zero-order valence-electron chi connectivity index (χ0n) is 21.1. The van der Waals surface area contributed by atoms with Gasteiger partial charge in [0.05, 0.1) is 15.7 Å². The van der Waals surface area contributed by atoms with Gasteiger partial charge in [0.15, 0.2) is 5.82 Å². The summed E-state index contributed by atoms with van der Waals surface area (Å²) in [5.41, 5.74) is 7.04. The molecule has 39 heavy (non-hydrogen) atoms. The summed E-state index contributed by atoms with van der Waals surface area (Å²) in [6.45, 7) is 2.39. The molecule has 9 rings (SSSR count). The van der Waals surface area contributed by atoms with Crippen molar-refractivity contribution in [3.63, 3.8) is 0 Å². The van der Waals surface area contributed by atoms with Gasteiger partial charge in [-0.3, -0.25) is 4.57 Å². The first-order chi connectivity index (χ1) is 19.1. The number of aromatic nitrogens is 3. The normalized spacial score (nSPS) is 20.9. The molecule has 4 aromatic heterocycles. The zero-order chi connectivity index (χ0) is 25.9. The number of rotatable bonds is 1. The number of hydrogen-bond donors (Lipinski definition) is 0. The van der Waals surface area contributed by atoms with Crippen LogP contribution in [0.25, 0.3) is 54.2 Å². The smallest absolute Gasteiger partial charge is 0.225 e. The van der Waals surface area contributed by atoms with E-state index in [-0.39, 0.29) is 11.3 Å². The summed E-state index contributed by atoms with van der Waals surface area (Å²) in [5, 5.41) is 2.88. The number of fused-ring (bicyclic) bond motifs is 13. The highest BCUT2D eigenvalue weighted by molar-refractivity contribution is 7.20. The van der Waals surface area contributed by atoms with Crippen LogP contribution in [0.1, 0.15) is 40.3 Å². The predicted molar refractivity (Wildman–Crippen MR) is 166 cm³/mol. The quantitative estimate of drug-likeness (QED) is 0.188. The minimum atomic E-state index is -0.252. The molecule has 6 aromatic rings. The SMILES string of the molecule is CC12C=CC=CC1c1sc3ccccc3c1-c1c2n(-c2nc(Cl)nc3c4c(sc23)CCC=C4)c2ccccc12. The van der Waals surface area contributed by atoms with E-state index < -0.39 is 0 Å². The lowest BCUT2D eigenvalue weighted by molar-refractivity contribution is 0.502. The Morgan fingerprint density at radius 3 is 2.74 bits per heavy atom. The summed E-state index contributed by atoms with van der Waals surface area (Å²) in [6.07, 6.45) is 15.7. The molecule has 2 aromatic carbocycles. The third-order valence-electron chi connectivity index (χ3n) is 8.68. The predicted octanol–water partition coefficient (Wildman–Crippen LogP) is 9.61. The fraction of sp³-hybridized carbons (Fsp3) is 0.152. The number of benzene rings is 2. The molecule has 6 heteroatoms. The maximum Gasteiger partial charge on any atom is 0.225 e. The lowest BCUT2D eigenvalue weighted by atomic mass is 9.65. The summed E-state index contributed by atoms with van der Waals surface area (Å²) in [5.74, 6) is 1.12. The number of thiophene rings is 2. The first-order valence-corrected chi connectivity index (χ1v) is 15.3. The minimum Gasteiger partial charge on any atom is -0.295 e. The molecule has 3 nitrogen and oxygen atoms in total. The van der Waals surface area contributed by atoms with Crippen LogP contribution in [0.2, 0.25) is 5.28 Å². The monoisotopic (exact) mass is 559 g/mol. The molecule has 0 N–H and O–H groups in total. The highest BCUT2D eigenvalue weighted by Gasteiger charge is 2.47. The van der Waals surface area contributed by atoms with Crippen LogP contribution in [-0.4, -0.2) is 14.5 Å². The molecule has 188 valence electrons. The molecule has 3 aliphatic carbocycles. The van der Waals surface area contributed by atoms with Crippen LogP contribution in [0, 0.1) is 0 Å². The first kappa shape index (κ1) is 22.3. The van der Waals surface area contributed by atoms with Gasteiger partial charge in [-0.1, -0.05) is 72.9 Å². The highest BCUT2D eigenvalue weighted by Crippen LogP contribution is 2.60. The fourth-order valence-electron chi connectivity index (χ4n) is 7.01. The second-order valence-electron chi connectivity index (χ2n) is 10.8. The van der Waals surface area contributed by atoms with Gasteiger partial charge in [-0.15, -0.1) is 22.7 Å². The molecule has 0 bridgehead atoms. The Bertz CT molecular complexity index is 2120. The molecule has 0 saturated heterocycles. The molecule has 0 radical (unpaired) electrons. The van der Waals surface area contributed by atoms with Crippen molar-refractivity contribution < 1.29 is 0 Å². The second-order valence-corrected chi connectivity index (χ2v) is 13.3. The van der Waals surface area contributed by atoms with E-state index in [0.717, 1.165) is 34.4 Å². The van der Waals surface area contributed by atoms with E-state index in [0.29, 0.717) is 5.28 Å². The Balaban J connectivity index is 1.50. The standard InChI is InChI=1S/C33H22ClN3S2/c1-33-17-9-8-13-21(33)28-25(19-11-3-6-15-23(19)38-28)26-18-10-2-5-14-22(18)37(30(26)33)31-29-27(35-32(34)36-31)20-12-4-7-16-24(20)39-29/h2-6,8-15,17,21H,7,16H2,1H3.